The van der Waals surface area contributed by atoms with Crippen molar-refractivity contribution in [1.29, 1.82) is 0 Å². The number of carbonyl (C=O) groups excluding carboxylic acids is 1. The predicted molar refractivity (Wildman–Crippen MR) is 102 cm³/mol. The molecule has 3 aromatic rings. The Morgan fingerprint density at radius 1 is 0.800 bits per heavy atom. The number of para-hydroxylation sites is 1. The highest BCUT2D eigenvalue weighted by molar-refractivity contribution is 6.13. The van der Waals surface area contributed by atoms with E-state index in [9.17, 15) is 4.79 Å². The third-order valence-electron chi connectivity index (χ3n) is 4.89. The zero-order valence-corrected chi connectivity index (χ0v) is 13.9. The lowest BCUT2D eigenvalue weighted by atomic mass is 9.70. The lowest BCUT2D eigenvalue weighted by Crippen LogP contribution is -2.42. The molecule has 0 N–H and O–H groups in total. The van der Waals surface area contributed by atoms with E-state index >= 15 is 0 Å². The van der Waals surface area contributed by atoms with Crippen LogP contribution in [0.3, 0.4) is 0 Å². The van der Waals surface area contributed by atoms with Crippen molar-refractivity contribution in [2.24, 2.45) is 0 Å². The van der Waals surface area contributed by atoms with Crippen molar-refractivity contribution in [3.63, 3.8) is 0 Å². The van der Waals surface area contributed by atoms with Gasteiger partial charge in [-0.1, -0.05) is 84.9 Å². The van der Waals surface area contributed by atoms with Gasteiger partial charge in [-0.05, 0) is 17.2 Å². The van der Waals surface area contributed by atoms with Crippen molar-refractivity contribution in [1.82, 2.24) is 0 Å². The molecule has 0 spiro atoms. The van der Waals surface area contributed by atoms with Crippen LogP contribution in [-0.2, 0) is 10.2 Å². The van der Waals surface area contributed by atoms with E-state index in [0.717, 1.165) is 22.4 Å². The molecule has 0 fully saturated rings. The minimum atomic E-state index is -0.817. The number of carbonyl (C=O) groups is 1. The first kappa shape index (κ1) is 15.4. The molecule has 0 saturated heterocycles. The highest BCUT2D eigenvalue weighted by Crippen LogP contribution is 2.50. The predicted octanol–water partition coefficient (Wildman–Crippen LogP) is 4.55. The molecule has 0 atom stereocenters. The van der Waals surface area contributed by atoms with Crippen LogP contribution in [-0.4, -0.2) is 12.5 Å². The van der Waals surface area contributed by atoms with E-state index in [-0.39, 0.29) is 5.91 Å². The molecule has 2 heteroatoms. The molecule has 3 aromatic carbocycles. The maximum atomic E-state index is 13.8. The van der Waals surface area contributed by atoms with E-state index in [4.69, 9.17) is 0 Å². The zero-order chi connectivity index (χ0) is 17.3. The van der Waals surface area contributed by atoms with Gasteiger partial charge in [0, 0.05) is 17.8 Å². The SMILES string of the molecule is C=CCN1C(=O)C(c2ccccc2)(c2ccccc2)c2ccccc21. The second kappa shape index (κ2) is 6.06. The third kappa shape index (κ3) is 2.14. The van der Waals surface area contributed by atoms with Crippen LogP contribution in [0.5, 0.6) is 0 Å². The Hall–Kier alpha value is -3.13. The van der Waals surface area contributed by atoms with Gasteiger partial charge in [0.1, 0.15) is 5.41 Å². The minimum absolute atomic E-state index is 0.0750. The Morgan fingerprint density at radius 3 is 1.88 bits per heavy atom. The van der Waals surface area contributed by atoms with Gasteiger partial charge < -0.3 is 4.90 Å². The minimum Gasteiger partial charge on any atom is -0.307 e. The molecule has 0 saturated carbocycles. The average Bonchev–Trinajstić information content (AvgIpc) is 2.93. The summed E-state index contributed by atoms with van der Waals surface area (Å²) in [4.78, 5) is 15.6. The summed E-state index contributed by atoms with van der Waals surface area (Å²) in [7, 11) is 0. The monoisotopic (exact) mass is 325 g/mol. The van der Waals surface area contributed by atoms with Gasteiger partial charge in [-0.15, -0.1) is 6.58 Å². The molecule has 0 unspecified atom stereocenters. The summed E-state index contributed by atoms with van der Waals surface area (Å²) in [5.74, 6) is 0.0750. The van der Waals surface area contributed by atoms with Crippen molar-refractivity contribution in [3.05, 3.63) is 114 Å². The van der Waals surface area contributed by atoms with Crippen molar-refractivity contribution < 1.29 is 4.79 Å². The fourth-order valence-electron chi connectivity index (χ4n) is 3.86. The van der Waals surface area contributed by atoms with Crippen LogP contribution in [0, 0.1) is 0 Å². The van der Waals surface area contributed by atoms with Crippen LogP contribution >= 0.6 is 0 Å². The van der Waals surface area contributed by atoms with Crippen LogP contribution in [0.25, 0.3) is 0 Å². The normalized spacial score (nSPS) is 15.0. The molecule has 0 bridgehead atoms. The highest BCUT2D eigenvalue weighted by atomic mass is 16.2. The summed E-state index contributed by atoms with van der Waals surface area (Å²) >= 11 is 0. The van der Waals surface area contributed by atoms with E-state index in [0.29, 0.717) is 6.54 Å². The van der Waals surface area contributed by atoms with E-state index in [1.165, 1.54) is 0 Å². The van der Waals surface area contributed by atoms with Gasteiger partial charge in [0.25, 0.3) is 0 Å². The van der Waals surface area contributed by atoms with Crippen molar-refractivity contribution in [2.75, 3.05) is 11.4 Å². The lowest BCUT2D eigenvalue weighted by molar-refractivity contribution is -0.120. The largest absolute Gasteiger partial charge is 0.307 e. The summed E-state index contributed by atoms with van der Waals surface area (Å²) < 4.78 is 0. The van der Waals surface area contributed by atoms with Crippen molar-refractivity contribution >= 4 is 11.6 Å². The van der Waals surface area contributed by atoms with Crippen LogP contribution in [0.2, 0.25) is 0 Å². The van der Waals surface area contributed by atoms with Gasteiger partial charge in [-0.2, -0.15) is 0 Å². The number of anilines is 1. The zero-order valence-electron chi connectivity index (χ0n) is 13.9. The molecule has 1 heterocycles. The van der Waals surface area contributed by atoms with Crippen molar-refractivity contribution in [3.8, 4) is 0 Å². The first-order chi connectivity index (χ1) is 12.3. The fraction of sp³-hybridized carbons (Fsp3) is 0.0870. The second-order valence-electron chi connectivity index (χ2n) is 6.20. The molecule has 122 valence electrons. The molecule has 0 aromatic heterocycles. The van der Waals surface area contributed by atoms with Gasteiger partial charge >= 0.3 is 0 Å². The Bertz CT molecular complexity index is 876. The van der Waals surface area contributed by atoms with Gasteiger partial charge in [-0.3, -0.25) is 4.79 Å². The fourth-order valence-corrected chi connectivity index (χ4v) is 3.86. The maximum Gasteiger partial charge on any atom is 0.247 e. The molecule has 0 aliphatic carbocycles. The Kier molecular flexibility index (Phi) is 3.73. The summed E-state index contributed by atoms with van der Waals surface area (Å²) in [6.45, 7) is 4.33. The number of nitrogens with zero attached hydrogens (tertiary/aromatic N) is 1. The maximum absolute atomic E-state index is 13.8. The van der Waals surface area contributed by atoms with E-state index in [1.807, 2.05) is 83.8 Å². The van der Waals surface area contributed by atoms with Gasteiger partial charge in [-0.25, -0.2) is 0 Å². The number of fused-ring (bicyclic) bond motifs is 1. The smallest absolute Gasteiger partial charge is 0.247 e. The van der Waals surface area contributed by atoms with Crippen LogP contribution in [0.1, 0.15) is 16.7 Å². The van der Waals surface area contributed by atoms with Gasteiger partial charge in [0.15, 0.2) is 0 Å². The Labute approximate surface area is 148 Å². The number of rotatable bonds is 4. The molecular weight excluding hydrogens is 306 g/mol. The van der Waals surface area contributed by atoms with E-state index in [1.54, 1.807) is 6.08 Å². The molecule has 1 aliphatic heterocycles. The molecular formula is C23H19NO. The standard InChI is InChI=1S/C23H19NO/c1-2-17-24-21-16-10-9-15-20(21)23(22(24)25,18-11-5-3-6-12-18)19-13-7-4-8-14-19/h2-16H,1,17H2. The highest BCUT2D eigenvalue weighted by Gasteiger charge is 2.52. The quantitative estimate of drug-likeness (QED) is 0.644. The molecule has 1 amide bonds. The number of hydrogen-bond donors (Lipinski definition) is 0. The van der Waals surface area contributed by atoms with Gasteiger partial charge in [0.05, 0.1) is 0 Å². The first-order valence-corrected chi connectivity index (χ1v) is 8.43. The Balaban J connectivity index is 2.08. The summed E-state index contributed by atoms with van der Waals surface area (Å²) in [5, 5.41) is 0. The molecule has 2 nitrogen and oxygen atoms in total. The molecule has 4 rings (SSSR count). The molecule has 1 aliphatic rings. The third-order valence-corrected chi connectivity index (χ3v) is 4.89. The number of hydrogen-bond acceptors (Lipinski definition) is 1. The lowest BCUT2D eigenvalue weighted by Gasteiger charge is -2.30. The van der Waals surface area contributed by atoms with E-state index < -0.39 is 5.41 Å². The summed E-state index contributed by atoms with van der Waals surface area (Å²) in [5.41, 5.74) is 3.15. The molecule has 25 heavy (non-hydrogen) atoms. The van der Waals surface area contributed by atoms with Crippen molar-refractivity contribution in [2.45, 2.75) is 5.41 Å². The summed E-state index contributed by atoms with van der Waals surface area (Å²) in [6.07, 6.45) is 1.78. The van der Waals surface area contributed by atoms with Crippen LogP contribution < -0.4 is 4.90 Å². The topological polar surface area (TPSA) is 20.3 Å². The number of benzene rings is 3. The van der Waals surface area contributed by atoms with Gasteiger partial charge in [0.2, 0.25) is 5.91 Å². The second-order valence-corrected chi connectivity index (χ2v) is 6.20. The average molecular weight is 325 g/mol. The van der Waals surface area contributed by atoms with E-state index in [2.05, 4.69) is 12.6 Å². The molecule has 0 radical (unpaired) electrons. The van der Waals surface area contributed by atoms with Crippen LogP contribution in [0.4, 0.5) is 5.69 Å². The Morgan fingerprint density at radius 2 is 1.32 bits per heavy atom. The summed E-state index contributed by atoms with van der Waals surface area (Å²) in [6, 6.07) is 28.2. The van der Waals surface area contributed by atoms with Crippen LogP contribution in [0.15, 0.2) is 97.6 Å². The number of amides is 1. The first-order valence-electron chi connectivity index (χ1n) is 8.43.